The minimum absolute atomic E-state index is 0.505. The summed E-state index contributed by atoms with van der Waals surface area (Å²) in [5, 5.41) is 4.92. The molecule has 0 spiro atoms. The molecule has 0 aliphatic rings. The Balaban J connectivity index is 1.92. The summed E-state index contributed by atoms with van der Waals surface area (Å²) >= 11 is 0. The van der Waals surface area contributed by atoms with Crippen molar-refractivity contribution < 1.29 is 4.42 Å². The van der Waals surface area contributed by atoms with Gasteiger partial charge in [0.05, 0.1) is 0 Å². The third-order valence-corrected chi connectivity index (χ3v) is 5.20. The van der Waals surface area contributed by atoms with Crippen molar-refractivity contribution in [2.75, 3.05) is 0 Å². The highest BCUT2D eigenvalue weighted by molar-refractivity contribution is 6.16. The lowest BCUT2D eigenvalue weighted by molar-refractivity contribution is 0.668. The second-order valence-electron chi connectivity index (χ2n) is 6.95. The fourth-order valence-electron chi connectivity index (χ4n) is 3.80. The molecule has 0 atom stereocenters. The van der Waals surface area contributed by atoms with E-state index in [1.54, 1.807) is 0 Å². The zero-order valence-electron chi connectivity index (χ0n) is 14.1. The summed E-state index contributed by atoms with van der Waals surface area (Å²) in [5.74, 6) is 0.505. The number of hydrogen-bond donors (Lipinski definition) is 0. The molecule has 2 nitrogen and oxygen atoms in total. The summed E-state index contributed by atoms with van der Waals surface area (Å²) in [7, 11) is 2.13. The van der Waals surface area contributed by atoms with Gasteiger partial charge in [0, 0.05) is 39.6 Å². The van der Waals surface area contributed by atoms with Crippen molar-refractivity contribution in [3.8, 4) is 0 Å². The second kappa shape index (κ2) is 4.64. The SMILES string of the molecule is CC(C)c1ccc2c(c1)oc1cc3c4ccccc4n(C)c3cc12. The molecular formula is C22H19NO. The first-order valence-electron chi connectivity index (χ1n) is 8.47. The molecule has 2 heterocycles. The van der Waals surface area contributed by atoms with Crippen LogP contribution in [0.2, 0.25) is 0 Å². The second-order valence-corrected chi connectivity index (χ2v) is 6.95. The lowest BCUT2D eigenvalue weighted by Crippen LogP contribution is -1.86. The number of hydrogen-bond acceptors (Lipinski definition) is 1. The van der Waals surface area contributed by atoms with Gasteiger partial charge < -0.3 is 8.98 Å². The summed E-state index contributed by atoms with van der Waals surface area (Å²) < 4.78 is 8.47. The Kier molecular flexibility index (Phi) is 2.64. The topological polar surface area (TPSA) is 18.1 Å². The molecule has 0 bridgehead atoms. The van der Waals surface area contributed by atoms with Crippen LogP contribution in [-0.2, 0) is 7.05 Å². The van der Waals surface area contributed by atoms with Gasteiger partial charge in [0.25, 0.3) is 0 Å². The maximum atomic E-state index is 6.20. The lowest BCUT2D eigenvalue weighted by Gasteiger charge is -2.03. The highest BCUT2D eigenvalue weighted by Crippen LogP contribution is 2.36. The monoisotopic (exact) mass is 313 g/mol. The van der Waals surface area contributed by atoms with Crippen LogP contribution >= 0.6 is 0 Å². The highest BCUT2D eigenvalue weighted by atomic mass is 16.3. The van der Waals surface area contributed by atoms with Crippen LogP contribution in [0, 0.1) is 0 Å². The van der Waals surface area contributed by atoms with E-state index in [4.69, 9.17) is 4.42 Å². The number of furan rings is 1. The fourth-order valence-corrected chi connectivity index (χ4v) is 3.80. The van der Waals surface area contributed by atoms with E-state index in [2.05, 4.69) is 80.1 Å². The van der Waals surface area contributed by atoms with Crippen LogP contribution in [-0.4, -0.2) is 4.57 Å². The number of aromatic nitrogens is 1. The molecule has 0 N–H and O–H groups in total. The summed E-state index contributed by atoms with van der Waals surface area (Å²) in [6.07, 6.45) is 0. The zero-order valence-corrected chi connectivity index (χ0v) is 14.1. The van der Waals surface area contributed by atoms with Gasteiger partial charge in [-0.1, -0.05) is 44.2 Å². The van der Waals surface area contributed by atoms with Gasteiger partial charge in [-0.3, -0.25) is 0 Å². The van der Waals surface area contributed by atoms with Gasteiger partial charge in [0.2, 0.25) is 0 Å². The van der Waals surface area contributed by atoms with Gasteiger partial charge in [-0.15, -0.1) is 0 Å². The number of aryl methyl sites for hydroxylation is 1. The Morgan fingerprint density at radius 1 is 0.750 bits per heavy atom. The van der Waals surface area contributed by atoms with Crippen molar-refractivity contribution in [1.29, 1.82) is 0 Å². The van der Waals surface area contributed by atoms with Gasteiger partial charge in [-0.25, -0.2) is 0 Å². The Morgan fingerprint density at radius 2 is 1.54 bits per heavy atom. The maximum absolute atomic E-state index is 6.20. The average Bonchev–Trinajstić information content (AvgIpc) is 3.09. The summed E-state index contributed by atoms with van der Waals surface area (Å²) in [5.41, 5.74) is 5.77. The molecule has 0 aliphatic carbocycles. The largest absolute Gasteiger partial charge is 0.456 e. The minimum Gasteiger partial charge on any atom is -0.456 e. The molecule has 24 heavy (non-hydrogen) atoms. The summed E-state index contributed by atoms with van der Waals surface area (Å²) in [4.78, 5) is 0. The van der Waals surface area contributed by atoms with E-state index >= 15 is 0 Å². The Morgan fingerprint density at radius 3 is 2.38 bits per heavy atom. The molecule has 2 aromatic heterocycles. The molecule has 118 valence electrons. The standard InChI is InChI=1S/C22H19NO/c1-13(2)14-8-9-16-18-11-20-17(12-22(18)24-21(16)10-14)15-6-4-5-7-19(15)23(20)3/h4-13H,1-3H3. The van der Waals surface area contributed by atoms with Gasteiger partial charge in [-0.05, 0) is 35.7 Å². The van der Waals surface area contributed by atoms with Crippen molar-refractivity contribution in [2.45, 2.75) is 19.8 Å². The number of para-hydroxylation sites is 1. The van der Waals surface area contributed by atoms with E-state index in [0.29, 0.717) is 5.92 Å². The molecule has 5 rings (SSSR count). The molecule has 0 aliphatic heterocycles. The van der Waals surface area contributed by atoms with Crippen LogP contribution in [0.3, 0.4) is 0 Å². The third-order valence-electron chi connectivity index (χ3n) is 5.20. The van der Waals surface area contributed by atoms with Crippen LogP contribution in [0.4, 0.5) is 0 Å². The normalized spacial score (nSPS) is 12.3. The number of benzene rings is 3. The maximum Gasteiger partial charge on any atom is 0.136 e. The molecule has 0 amide bonds. The number of fused-ring (bicyclic) bond motifs is 6. The van der Waals surface area contributed by atoms with Crippen molar-refractivity contribution in [2.24, 2.45) is 7.05 Å². The minimum atomic E-state index is 0.505. The Labute approximate surface area is 140 Å². The van der Waals surface area contributed by atoms with E-state index in [9.17, 15) is 0 Å². The first kappa shape index (κ1) is 13.7. The van der Waals surface area contributed by atoms with E-state index in [0.717, 1.165) is 11.2 Å². The van der Waals surface area contributed by atoms with Crippen LogP contribution in [0.25, 0.3) is 43.7 Å². The molecule has 3 aromatic carbocycles. The molecule has 0 saturated carbocycles. The van der Waals surface area contributed by atoms with E-state index in [1.165, 1.54) is 38.1 Å². The quantitative estimate of drug-likeness (QED) is 0.352. The third kappa shape index (κ3) is 1.71. The van der Waals surface area contributed by atoms with E-state index in [1.807, 2.05) is 0 Å². The predicted molar refractivity (Wildman–Crippen MR) is 102 cm³/mol. The number of rotatable bonds is 1. The van der Waals surface area contributed by atoms with Crippen molar-refractivity contribution >= 4 is 43.7 Å². The van der Waals surface area contributed by atoms with Gasteiger partial charge in [-0.2, -0.15) is 0 Å². The molecule has 2 heteroatoms. The fraction of sp³-hybridized carbons (Fsp3) is 0.182. The lowest BCUT2D eigenvalue weighted by atomic mass is 10.0. The predicted octanol–water partition coefficient (Wildman–Crippen LogP) is 6.35. The van der Waals surface area contributed by atoms with Gasteiger partial charge in [0.1, 0.15) is 11.2 Å². The molecular weight excluding hydrogens is 294 g/mol. The van der Waals surface area contributed by atoms with Crippen LogP contribution in [0.1, 0.15) is 25.3 Å². The molecule has 0 saturated heterocycles. The van der Waals surface area contributed by atoms with Crippen molar-refractivity contribution in [1.82, 2.24) is 4.57 Å². The summed E-state index contributed by atoms with van der Waals surface area (Å²) in [6, 6.07) is 19.6. The molecule has 0 fully saturated rings. The van der Waals surface area contributed by atoms with Crippen LogP contribution in [0.15, 0.2) is 59.0 Å². The Bertz CT molecular complexity index is 1240. The van der Waals surface area contributed by atoms with E-state index < -0.39 is 0 Å². The zero-order chi connectivity index (χ0) is 16.4. The molecule has 5 aromatic rings. The molecule has 0 radical (unpaired) electrons. The average molecular weight is 313 g/mol. The van der Waals surface area contributed by atoms with Crippen molar-refractivity contribution in [3.63, 3.8) is 0 Å². The first-order chi connectivity index (χ1) is 11.6. The summed E-state index contributed by atoms with van der Waals surface area (Å²) in [6.45, 7) is 4.43. The van der Waals surface area contributed by atoms with Gasteiger partial charge >= 0.3 is 0 Å². The number of nitrogens with zero attached hydrogens (tertiary/aromatic N) is 1. The van der Waals surface area contributed by atoms with Gasteiger partial charge in [0.15, 0.2) is 0 Å². The highest BCUT2D eigenvalue weighted by Gasteiger charge is 2.14. The van der Waals surface area contributed by atoms with Crippen LogP contribution in [0.5, 0.6) is 0 Å². The molecule has 0 unspecified atom stereocenters. The Hall–Kier alpha value is -2.74. The van der Waals surface area contributed by atoms with Crippen LogP contribution < -0.4 is 0 Å². The smallest absolute Gasteiger partial charge is 0.136 e. The van der Waals surface area contributed by atoms with E-state index in [-0.39, 0.29) is 0 Å². The van der Waals surface area contributed by atoms with Crippen molar-refractivity contribution in [3.05, 3.63) is 60.2 Å². The first-order valence-corrected chi connectivity index (χ1v) is 8.47.